The minimum Gasteiger partial charge on any atom is -0.481 e. The summed E-state index contributed by atoms with van der Waals surface area (Å²) in [4.78, 5) is 16.7. The molecule has 1 atom stereocenters. The van der Waals surface area contributed by atoms with Crippen molar-refractivity contribution in [3.63, 3.8) is 0 Å². The molecule has 1 heterocycles. The Morgan fingerprint density at radius 2 is 1.83 bits per heavy atom. The molecular weight excluding hydrogens is 320 g/mol. The maximum absolute atomic E-state index is 12.2. The van der Waals surface area contributed by atoms with Crippen molar-refractivity contribution >= 4 is 22.4 Å². The zero-order valence-electron chi connectivity index (χ0n) is 13.5. The standard InChI is InChI=1S/C19H18N2O2S/c1-13-8-10-15(11-9-13)17-12-24-19(20-17)21-18(22)14(2)23-16-6-4-3-5-7-16/h3-12,14H,1-2H3,(H,20,21,22)/t14-/m0/s1. The number of ether oxygens (including phenoxy) is 1. The largest absolute Gasteiger partial charge is 0.481 e. The summed E-state index contributed by atoms with van der Waals surface area (Å²) in [5, 5.41) is 5.31. The number of aromatic nitrogens is 1. The molecule has 2 aromatic carbocycles. The van der Waals surface area contributed by atoms with Crippen molar-refractivity contribution in [2.75, 3.05) is 5.32 Å². The van der Waals surface area contributed by atoms with Crippen molar-refractivity contribution in [3.8, 4) is 17.0 Å². The summed E-state index contributed by atoms with van der Waals surface area (Å²) in [6.07, 6.45) is -0.598. The zero-order valence-corrected chi connectivity index (χ0v) is 14.3. The molecule has 0 bridgehead atoms. The lowest BCUT2D eigenvalue weighted by Gasteiger charge is -2.13. The van der Waals surface area contributed by atoms with Crippen LogP contribution in [0.5, 0.6) is 5.75 Å². The maximum atomic E-state index is 12.2. The fourth-order valence-corrected chi connectivity index (χ4v) is 2.87. The van der Waals surface area contributed by atoms with Gasteiger partial charge in [-0.1, -0.05) is 48.0 Å². The molecule has 122 valence electrons. The minimum atomic E-state index is -0.598. The predicted octanol–water partition coefficient (Wildman–Crippen LogP) is 4.52. The molecule has 0 radical (unpaired) electrons. The van der Waals surface area contributed by atoms with Gasteiger partial charge in [0.2, 0.25) is 0 Å². The number of carbonyl (C=O) groups is 1. The van der Waals surface area contributed by atoms with Crippen molar-refractivity contribution < 1.29 is 9.53 Å². The van der Waals surface area contributed by atoms with Gasteiger partial charge in [-0.2, -0.15) is 0 Å². The summed E-state index contributed by atoms with van der Waals surface area (Å²) in [6.45, 7) is 3.77. The van der Waals surface area contributed by atoms with Gasteiger partial charge in [0.25, 0.3) is 5.91 Å². The number of nitrogens with one attached hydrogen (secondary N) is 1. The molecule has 1 amide bonds. The normalized spacial score (nSPS) is 11.8. The topological polar surface area (TPSA) is 51.2 Å². The molecule has 0 spiro atoms. The number of benzene rings is 2. The third kappa shape index (κ3) is 4.00. The van der Waals surface area contributed by atoms with Crippen molar-refractivity contribution in [2.24, 2.45) is 0 Å². The Labute approximate surface area is 145 Å². The third-order valence-electron chi connectivity index (χ3n) is 3.51. The average Bonchev–Trinajstić information content (AvgIpc) is 3.05. The van der Waals surface area contributed by atoms with E-state index < -0.39 is 6.10 Å². The second-order valence-electron chi connectivity index (χ2n) is 5.47. The summed E-state index contributed by atoms with van der Waals surface area (Å²) in [6, 6.07) is 17.4. The van der Waals surface area contributed by atoms with Gasteiger partial charge in [0.15, 0.2) is 11.2 Å². The number of rotatable bonds is 5. The molecule has 0 aliphatic rings. The van der Waals surface area contributed by atoms with Crippen LogP contribution in [0.15, 0.2) is 60.0 Å². The minimum absolute atomic E-state index is 0.219. The number of anilines is 1. The predicted molar refractivity (Wildman–Crippen MR) is 97.4 cm³/mol. The number of hydrogen-bond acceptors (Lipinski definition) is 4. The molecule has 5 heteroatoms. The molecule has 0 fully saturated rings. The van der Waals surface area contributed by atoms with E-state index in [9.17, 15) is 4.79 Å². The average molecular weight is 338 g/mol. The van der Waals surface area contributed by atoms with E-state index in [1.165, 1.54) is 16.9 Å². The van der Waals surface area contributed by atoms with Gasteiger partial charge >= 0.3 is 0 Å². The van der Waals surface area contributed by atoms with Crippen LogP contribution in [0.2, 0.25) is 0 Å². The number of carbonyl (C=O) groups excluding carboxylic acids is 1. The van der Waals surface area contributed by atoms with E-state index >= 15 is 0 Å². The Bertz CT molecular complexity index is 813. The molecule has 4 nitrogen and oxygen atoms in total. The highest BCUT2D eigenvalue weighted by molar-refractivity contribution is 7.14. The lowest BCUT2D eigenvalue weighted by Crippen LogP contribution is -2.30. The maximum Gasteiger partial charge on any atom is 0.266 e. The number of hydrogen-bond donors (Lipinski definition) is 1. The third-order valence-corrected chi connectivity index (χ3v) is 4.26. The number of nitrogens with zero attached hydrogens (tertiary/aromatic N) is 1. The molecule has 0 aliphatic carbocycles. The second-order valence-corrected chi connectivity index (χ2v) is 6.32. The Kier molecular flexibility index (Phi) is 4.91. The molecule has 1 aromatic heterocycles. The zero-order chi connectivity index (χ0) is 16.9. The lowest BCUT2D eigenvalue weighted by atomic mass is 10.1. The molecule has 1 N–H and O–H groups in total. The van der Waals surface area contributed by atoms with Crippen molar-refractivity contribution in [3.05, 3.63) is 65.5 Å². The fraction of sp³-hybridized carbons (Fsp3) is 0.158. The summed E-state index contributed by atoms with van der Waals surface area (Å²) >= 11 is 1.40. The van der Waals surface area contributed by atoms with Gasteiger partial charge in [0, 0.05) is 10.9 Å². The lowest BCUT2D eigenvalue weighted by molar-refractivity contribution is -0.122. The van der Waals surface area contributed by atoms with Gasteiger partial charge in [-0.3, -0.25) is 10.1 Å². The Balaban J connectivity index is 1.63. The Morgan fingerprint density at radius 1 is 1.12 bits per heavy atom. The van der Waals surface area contributed by atoms with Crippen molar-refractivity contribution in [1.29, 1.82) is 0 Å². The second kappa shape index (κ2) is 7.27. The van der Waals surface area contributed by atoms with E-state index in [-0.39, 0.29) is 5.91 Å². The Morgan fingerprint density at radius 3 is 2.54 bits per heavy atom. The van der Waals surface area contributed by atoms with Gasteiger partial charge in [-0.05, 0) is 26.0 Å². The van der Waals surface area contributed by atoms with Gasteiger partial charge in [-0.25, -0.2) is 4.98 Å². The number of amides is 1. The van der Waals surface area contributed by atoms with E-state index in [0.717, 1.165) is 11.3 Å². The van der Waals surface area contributed by atoms with Gasteiger partial charge < -0.3 is 4.74 Å². The highest BCUT2D eigenvalue weighted by atomic mass is 32.1. The van der Waals surface area contributed by atoms with Crippen LogP contribution in [0, 0.1) is 6.92 Å². The highest BCUT2D eigenvalue weighted by Crippen LogP contribution is 2.25. The van der Waals surface area contributed by atoms with Crippen LogP contribution in [0.3, 0.4) is 0 Å². The summed E-state index contributed by atoms with van der Waals surface area (Å²) < 4.78 is 5.62. The molecule has 0 saturated carbocycles. The fourth-order valence-electron chi connectivity index (χ4n) is 2.15. The van der Waals surface area contributed by atoms with E-state index in [1.807, 2.05) is 66.9 Å². The Hall–Kier alpha value is -2.66. The summed E-state index contributed by atoms with van der Waals surface area (Å²) in [5.41, 5.74) is 3.09. The molecule has 3 rings (SSSR count). The molecule has 3 aromatic rings. The number of para-hydroxylation sites is 1. The summed E-state index contributed by atoms with van der Waals surface area (Å²) in [7, 11) is 0. The molecular formula is C19H18N2O2S. The first kappa shape index (κ1) is 16.2. The first-order chi connectivity index (χ1) is 11.6. The van der Waals surface area contributed by atoms with E-state index in [4.69, 9.17) is 4.74 Å². The van der Waals surface area contributed by atoms with Gasteiger partial charge in [0.1, 0.15) is 5.75 Å². The first-order valence-electron chi connectivity index (χ1n) is 7.67. The smallest absolute Gasteiger partial charge is 0.266 e. The molecule has 24 heavy (non-hydrogen) atoms. The van der Waals surface area contributed by atoms with Crippen LogP contribution >= 0.6 is 11.3 Å². The van der Waals surface area contributed by atoms with Gasteiger partial charge in [0.05, 0.1) is 5.69 Å². The molecule has 0 unspecified atom stereocenters. The van der Waals surface area contributed by atoms with E-state index in [0.29, 0.717) is 10.9 Å². The van der Waals surface area contributed by atoms with Crippen LogP contribution in [-0.4, -0.2) is 17.0 Å². The SMILES string of the molecule is Cc1ccc(-c2csc(NC(=O)[C@H](C)Oc3ccccc3)n2)cc1. The van der Waals surface area contributed by atoms with Crippen LogP contribution in [-0.2, 0) is 4.79 Å². The summed E-state index contributed by atoms with van der Waals surface area (Å²) in [5.74, 6) is 0.447. The van der Waals surface area contributed by atoms with Crippen molar-refractivity contribution in [1.82, 2.24) is 4.98 Å². The van der Waals surface area contributed by atoms with Crippen LogP contribution in [0.1, 0.15) is 12.5 Å². The quantitative estimate of drug-likeness (QED) is 0.744. The number of aryl methyl sites for hydroxylation is 1. The van der Waals surface area contributed by atoms with Crippen molar-refractivity contribution in [2.45, 2.75) is 20.0 Å². The molecule has 0 saturated heterocycles. The van der Waals surface area contributed by atoms with E-state index in [2.05, 4.69) is 10.3 Å². The monoisotopic (exact) mass is 338 g/mol. The van der Waals surface area contributed by atoms with Crippen LogP contribution in [0.4, 0.5) is 5.13 Å². The van der Waals surface area contributed by atoms with E-state index in [1.54, 1.807) is 6.92 Å². The highest BCUT2D eigenvalue weighted by Gasteiger charge is 2.16. The van der Waals surface area contributed by atoms with Gasteiger partial charge in [-0.15, -0.1) is 11.3 Å². The number of thiazole rings is 1. The first-order valence-corrected chi connectivity index (χ1v) is 8.55. The van der Waals surface area contributed by atoms with Crippen LogP contribution < -0.4 is 10.1 Å². The van der Waals surface area contributed by atoms with Crippen LogP contribution in [0.25, 0.3) is 11.3 Å². The molecule has 0 aliphatic heterocycles.